The van der Waals surface area contributed by atoms with Gasteiger partial charge in [0.15, 0.2) is 0 Å². The monoisotopic (exact) mass is 222 g/mol. The minimum Gasteiger partial charge on any atom is -0.273 e. The Kier molecular flexibility index (Phi) is 7.04. The zero-order valence-electron chi connectivity index (χ0n) is 8.02. The van der Waals surface area contributed by atoms with Crippen LogP contribution in [0.4, 0.5) is 0 Å². The molecule has 0 spiro atoms. The molecule has 71 valence electrons. The van der Waals surface area contributed by atoms with Crippen molar-refractivity contribution in [3.05, 3.63) is 30.3 Å². The van der Waals surface area contributed by atoms with Crippen molar-refractivity contribution in [2.45, 2.75) is 11.8 Å². The van der Waals surface area contributed by atoms with Crippen LogP contribution in [0.15, 0.2) is 35.2 Å². The average molecular weight is 222 g/mol. The summed E-state index contributed by atoms with van der Waals surface area (Å²) >= 11 is -1.64. The number of rotatable bonds is 3. The van der Waals surface area contributed by atoms with Gasteiger partial charge in [-0.1, -0.05) is 18.2 Å². The van der Waals surface area contributed by atoms with Gasteiger partial charge in [-0.25, -0.2) is 9.69 Å². The third kappa shape index (κ3) is 4.88. The maximum atomic E-state index is 11.2. The van der Waals surface area contributed by atoms with Gasteiger partial charge in [0.2, 0.25) is 17.0 Å². The summed E-state index contributed by atoms with van der Waals surface area (Å²) in [5, 5.41) is 0. The first-order valence-corrected chi connectivity index (χ1v) is 4.68. The molecule has 1 N–H and O–H groups in total. The summed E-state index contributed by atoms with van der Waals surface area (Å²) in [7, 11) is 0. The molecular weight excluding hydrogens is 213 g/mol. The summed E-state index contributed by atoms with van der Waals surface area (Å²) in [6.45, 7) is 1.28. The fraction of sp³-hybridized carbons (Fsp3) is 0.125. The van der Waals surface area contributed by atoms with E-state index in [2.05, 4.69) is 4.28 Å². The minimum atomic E-state index is -1.64. The summed E-state index contributed by atoms with van der Waals surface area (Å²) < 4.78 is 15.8. The number of amides is 1. The van der Waals surface area contributed by atoms with Crippen LogP contribution in [0.25, 0.3) is 0 Å². The van der Waals surface area contributed by atoms with E-state index in [1.54, 1.807) is 30.3 Å². The topological polar surface area (TPSA) is 55.4 Å². The average Bonchev–Trinajstić information content (AvgIpc) is 2.15. The molecule has 0 aromatic heterocycles. The van der Waals surface area contributed by atoms with E-state index < -0.39 is 11.1 Å². The maximum Gasteiger partial charge on any atom is 0.241 e. The van der Waals surface area contributed by atoms with Crippen LogP contribution in [0, 0.1) is 0 Å². The van der Waals surface area contributed by atoms with Gasteiger partial charge >= 0.3 is 0 Å². The number of carbonyl (C=O) groups excluding carboxylic acids is 1. The Balaban J connectivity index is 0.00000169. The Labute approximate surface area is 107 Å². The smallest absolute Gasteiger partial charge is 0.241 e. The van der Waals surface area contributed by atoms with E-state index in [4.69, 9.17) is 0 Å². The van der Waals surface area contributed by atoms with Crippen molar-refractivity contribution >= 4 is 46.5 Å². The van der Waals surface area contributed by atoms with E-state index in [1.165, 1.54) is 6.92 Å². The van der Waals surface area contributed by atoms with Crippen molar-refractivity contribution in [2.75, 3.05) is 0 Å². The summed E-state index contributed by atoms with van der Waals surface area (Å²) in [6.07, 6.45) is 0. The molecule has 14 heavy (non-hydrogen) atoms. The number of carbonyl (C=O) groups is 1. The molecule has 1 rings (SSSR count). The second kappa shape index (κ2) is 7.14. The van der Waals surface area contributed by atoms with E-state index >= 15 is 0 Å². The molecule has 0 heterocycles. The molecule has 1 radical (unpaired) electrons. The van der Waals surface area contributed by atoms with Crippen molar-refractivity contribution in [1.82, 2.24) is 5.48 Å². The first-order valence-electron chi connectivity index (χ1n) is 3.61. The number of hydrogen-bond acceptors (Lipinski definition) is 3. The quantitative estimate of drug-likeness (QED) is 0.594. The van der Waals surface area contributed by atoms with Gasteiger partial charge in [0.1, 0.15) is 0 Å². The molecule has 6 heteroatoms. The van der Waals surface area contributed by atoms with Gasteiger partial charge in [0.25, 0.3) is 0 Å². The van der Waals surface area contributed by atoms with Crippen LogP contribution in [-0.2, 0) is 20.2 Å². The van der Waals surface area contributed by atoms with Crippen molar-refractivity contribution in [1.29, 1.82) is 0 Å². The second-order valence-corrected chi connectivity index (χ2v) is 3.40. The fourth-order valence-corrected chi connectivity index (χ4v) is 1.34. The summed E-state index contributed by atoms with van der Waals surface area (Å²) in [6, 6.07) is 8.59. The van der Waals surface area contributed by atoms with Gasteiger partial charge in [-0.05, 0) is 12.1 Å². The third-order valence-electron chi connectivity index (χ3n) is 1.20. The standard InChI is InChI=1S/C8H9NO3S.Na/c1-7(10)9-12-13(11)8-5-3-2-4-6-8;/h2-6H,1H3,(H,9,10);. The Hall–Kier alpha value is -0.200. The minimum absolute atomic E-state index is 0. The van der Waals surface area contributed by atoms with Crippen LogP contribution in [0.5, 0.6) is 0 Å². The first-order chi connectivity index (χ1) is 6.20. The zero-order chi connectivity index (χ0) is 9.68. The molecule has 1 aromatic carbocycles. The molecule has 1 unspecified atom stereocenters. The van der Waals surface area contributed by atoms with E-state index in [0.717, 1.165) is 0 Å². The van der Waals surface area contributed by atoms with Crippen LogP contribution < -0.4 is 5.48 Å². The van der Waals surface area contributed by atoms with Crippen LogP contribution in [-0.4, -0.2) is 39.7 Å². The Morgan fingerprint density at radius 3 is 2.43 bits per heavy atom. The summed E-state index contributed by atoms with van der Waals surface area (Å²) in [5.74, 6) is -0.385. The van der Waals surface area contributed by atoms with Crippen LogP contribution in [0.2, 0.25) is 0 Å². The van der Waals surface area contributed by atoms with E-state index in [1.807, 2.05) is 5.48 Å². The Morgan fingerprint density at radius 2 is 1.93 bits per heavy atom. The van der Waals surface area contributed by atoms with Gasteiger partial charge in [0.05, 0.1) is 4.90 Å². The van der Waals surface area contributed by atoms with Gasteiger partial charge in [-0.3, -0.25) is 4.79 Å². The molecule has 0 aliphatic carbocycles. The van der Waals surface area contributed by atoms with Crippen molar-refractivity contribution in [3.63, 3.8) is 0 Å². The predicted octanol–water partition coefficient (Wildman–Crippen LogP) is 0.396. The number of hydrogen-bond donors (Lipinski definition) is 1. The predicted molar refractivity (Wildman–Crippen MR) is 53.5 cm³/mol. The van der Waals surface area contributed by atoms with Gasteiger partial charge < -0.3 is 0 Å². The molecule has 1 atom stereocenters. The third-order valence-corrected chi connectivity index (χ3v) is 2.09. The van der Waals surface area contributed by atoms with Gasteiger partial charge in [-0.2, -0.15) is 4.28 Å². The maximum absolute atomic E-state index is 11.2. The van der Waals surface area contributed by atoms with Crippen LogP contribution in [0.3, 0.4) is 0 Å². The van der Waals surface area contributed by atoms with Crippen LogP contribution in [0.1, 0.15) is 6.92 Å². The Morgan fingerprint density at radius 1 is 1.36 bits per heavy atom. The first kappa shape index (κ1) is 13.8. The molecule has 0 bridgehead atoms. The molecule has 0 saturated carbocycles. The molecule has 0 aliphatic heterocycles. The molecule has 0 saturated heterocycles. The molecule has 0 aliphatic rings. The molecule has 1 aromatic rings. The van der Waals surface area contributed by atoms with E-state index in [-0.39, 0.29) is 35.5 Å². The van der Waals surface area contributed by atoms with E-state index in [9.17, 15) is 9.00 Å². The molecule has 1 amide bonds. The molecular formula is C8H9NNaO3S. The van der Waals surface area contributed by atoms with Gasteiger partial charge in [-0.15, -0.1) is 0 Å². The van der Waals surface area contributed by atoms with Crippen LogP contribution >= 0.6 is 0 Å². The van der Waals surface area contributed by atoms with E-state index in [0.29, 0.717) is 4.90 Å². The zero-order valence-corrected chi connectivity index (χ0v) is 10.8. The van der Waals surface area contributed by atoms with Gasteiger partial charge in [0, 0.05) is 36.5 Å². The number of benzene rings is 1. The largest absolute Gasteiger partial charge is 0.273 e. The summed E-state index contributed by atoms with van der Waals surface area (Å²) in [5.41, 5.74) is 2.00. The Bertz CT molecular complexity index is 318. The number of nitrogens with one attached hydrogen (secondary N) is 1. The molecule has 4 nitrogen and oxygen atoms in total. The molecule has 0 fully saturated rings. The second-order valence-electron chi connectivity index (χ2n) is 2.29. The van der Waals surface area contributed by atoms with Crippen molar-refractivity contribution in [2.24, 2.45) is 0 Å². The normalized spacial score (nSPS) is 11.2. The fourth-order valence-electron chi connectivity index (χ4n) is 0.676. The SMILES string of the molecule is CC(=O)NOS(=O)c1ccccc1.[Na]. The van der Waals surface area contributed by atoms with Crippen molar-refractivity contribution < 1.29 is 13.3 Å². The number of hydroxylamine groups is 1. The van der Waals surface area contributed by atoms with Crippen molar-refractivity contribution in [3.8, 4) is 0 Å². The summed E-state index contributed by atoms with van der Waals surface area (Å²) in [4.78, 5) is 10.9.